The standard InChI is InChI=1S/C10H15N3O4/c11-6-7-12(14)10(13(15)16)8-17-9-4-2-1-3-5-9/h1-5,10,14H,6-8,11H2. The summed E-state index contributed by atoms with van der Waals surface area (Å²) in [5.74, 6) is 0.514. The Kier molecular flexibility index (Phi) is 5.34. The van der Waals surface area contributed by atoms with Gasteiger partial charge in [0.25, 0.3) is 0 Å². The van der Waals surface area contributed by atoms with Crippen LogP contribution in [0.5, 0.6) is 5.75 Å². The van der Waals surface area contributed by atoms with Crippen LogP contribution in [0.2, 0.25) is 0 Å². The number of nitro groups is 1. The summed E-state index contributed by atoms with van der Waals surface area (Å²) in [6.07, 6.45) is -1.32. The van der Waals surface area contributed by atoms with Gasteiger partial charge in [-0.2, -0.15) is 0 Å². The minimum Gasteiger partial charge on any atom is -0.485 e. The zero-order chi connectivity index (χ0) is 12.7. The molecule has 17 heavy (non-hydrogen) atoms. The Balaban J connectivity index is 2.53. The smallest absolute Gasteiger partial charge is 0.322 e. The molecule has 0 saturated heterocycles. The van der Waals surface area contributed by atoms with Crippen molar-refractivity contribution in [2.24, 2.45) is 5.73 Å². The normalized spacial score (nSPS) is 12.4. The summed E-state index contributed by atoms with van der Waals surface area (Å²) in [7, 11) is 0. The largest absolute Gasteiger partial charge is 0.485 e. The van der Waals surface area contributed by atoms with Crippen molar-refractivity contribution in [1.29, 1.82) is 0 Å². The predicted octanol–water partition coefficient (Wildman–Crippen LogP) is 0.318. The third-order valence-electron chi connectivity index (χ3n) is 2.09. The third-order valence-corrected chi connectivity index (χ3v) is 2.09. The first kappa shape index (κ1) is 13.4. The molecule has 1 rings (SSSR count). The van der Waals surface area contributed by atoms with Gasteiger partial charge in [-0.1, -0.05) is 18.2 Å². The highest BCUT2D eigenvalue weighted by Crippen LogP contribution is 2.09. The molecule has 0 radical (unpaired) electrons. The number of hydroxylamine groups is 2. The van der Waals surface area contributed by atoms with Crippen molar-refractivity contribution < 1.29 is 14.9 Å². The monoisotopic (exact) mass is 241 g/mol. The van der Waals surface area contributed by atoms with Crippen LogP contribution in [-0.4, -0.2) is 41.1 Å². The molecule has 0 bridgehead atoms. The van der Waals surface area contributed by atoms with Crippen molar-refractivity contribution in [1.82, 2.24) is 5.06 Å². The molecule has 1 unspecified atom stereocenters. The summed E-state index contributed by atoms with van der Waals surface area (Å²) in [6, 6.07) is 8.69. The van der Waals surface area contributed by atoms with E-state index in [1.165, 1.54) is 0 Å². The molecule has 1 aromatic carbocycles. The first-order valence-electron chi connectivity index (χ1n) is 5.12. The molecule has 1 atom stereocenters. The van der Waals surface area contributed by atoms with Crippen LogP contribution >= 0.6 is 0 Å². The molecule has 94 valence electrons. The molecule has 7 heteroatoms. The number of hydrogen-bond donors (Lipinski definition) is 2. The first-order chi connectivity index (χ1) is 8.15. The van der Waals surface area contributed by atoms with Gasteiger partial charge in [0.2, 0.25) is 0 Å². The molecule has 0 saturated carbocycles. The summed E-state index contributed by atoms with van der Waals surface area (Å²) in [5, 5.41) is 20.7. The Morgan fingerprint density at radius 1 is 1.47 bits per heavy atom. The van der Waals surface area contributed by atoms with E-state index in [0.29, 0.717) is 10.8 Å². The Labute approximate surface area is 98.5 Å². The molecular weight excluding hydrogens is 226 g/mol. The van der Waals surface area contributed by atoms with E-state index >= 15 is 0 Å². The number of hydrogen-bond acceptors (Lipinski definition) is 6. The predicted molar refractivity (Wildman–Crippen MR) is 60.3 cm³/mol. The van der Waals surface area contributed by atoms with E-state index in [9.17, 15) is 15.3 Å². The maximum Gasteiger partial charge on any atom is 0.322 e. The number of nitrogens with zero attached hydrogens (tertiary/aromatic N) is 2. The highest BCUT2D eigenvalue weighted by atomic mass is 16.7. The fourth-order valence-electron chi connectivity index (χ4n) is 1.22. The minimum absolute atomic E-state index is 0.0177. The van der Waals surface area contributed by atoms with Gasteiger partial charge in [-0.25, -0.2) is 0 Å². The van der Waals surface area contributed by atoms with Gasteiger partial charge in [-0.3, -0.25) is 10.1 Å². The molecule has 0 amide bonds. The highest BCUT2D eigenvalue weighted by Gasteiger charge is 2.27. The summed E-state index contributed by atoms with van der Waals surface area (Å²) >= 11 is 0. The molecule has 3 N–H and O–H groups in total. The fourth-order valence-corrected chi connectivity index (χ4v) is 1.22. The van der Waals surface area contributed by atoms with Crippen molar-refractivity contribution in [2.45, 2.75) is 6.17 Å². The number of para-hydroxylation sites is 1. The van der Waals surface area contributed by atoms with Crippen molar-refractivity contribution >= 4 is 0 Å². The van der Waals surface area contributed by atoms with Crippen LogP contribution in [0, 0.1) is 10.1 Å². The van der Waals surface area contributed by atoms with Gasteiger partial charge in [0.05, 0.1) is 0 Å². The van der Waals surface area contributed by atoms with E-state index in [2.05, 4.69) is 0 Å². The summed E-state index contributed by atoms with van der Waals surface area (Å²) in [6.45, 7) is -0.0938. The molecule has 1 aromatic rings. The summed E-state index contributed by atoms with van der Waals surface area (Å²) in [5.41, 5.74) is 5.21. The van der Waals surface area contributed by atoms with E-state index < -0.39 is 11.1 Å². The van der Waals surface area contributed by atoms with Gasteiger partial charge in [0, 0.05) is 18.0 Å². The Morgan fingerprint density at radius 2 is 2.12 bits per heavy atom. The van der Waals surface area contributed by atoms with Gasteiger partial charge in [-0.15, -0.1) is 5.06 Å². The lowest BCUT2D eigenvalue weighted by Gasteiger charge is -2.18. The lowest BCUT2D eigenvalue weighted by molar-refractivity contribution is -0.574. The van der Waals surface area contributed by atoms with Crippen LogP contribution in [-0.2, 0) is 0 Å². The second-order valence-electron chi connectivity index (χ2n) is 3.34. The lowest BCUT2D eigenvalue weighted by atomic mass is 10.3. The molecule has 0 aliphatic rings. The number of benzene rings is 1. The quantitative estimate of drug-likeness (QED) is 0.405. The Bertz CT molecular complexity index is 347. The summed E-state index contributed by atoms with van der Waals surface area (Å²) in [4.78, 5) is 10.1. The zero-order valence-electron chi connectivity index (χ0n) is 9.23. The topological polar surface area (TPSA) is 102 Å². The molecule has 0 aliphatic carbocycles. The molecular formula is C10H15N3O4. The van der Waals surface area contributed by atoms with Gasteiger partial charge in [0.15, 0.2) is 6.61 Å². The van der Waals surface area contributed by atoms with Gasteiger partial charge in [-0.05, 0) is 12.1 Å². The SMILES string of the molecule is NCCN(O)C(COc1ccccc1)[N+](=O)[O-]. The maximum atomic E-state index is 10.7. The average molecular weight is 241 g/mol. The summed E-state index contributed by atoms with van der Waals surface area (Å²) < 4.78 is 5.21. The highest BCUT2D eigenvalue weighted by molar-refractivity contribution is 5.20. The van der Waals surface area contributed by atoms with Gasteiger partial charge < -0.3 is 15.7 Å². The van der Waals surface area contributed by atoms with Crippen molar-refractivity contribution in [3.8, 4) is 5.75 Å². The number of rotatable bonds is 7. The van der Waals surface area contributed by atoms with E-state index in [4.69, 9.17) is 10.5 Å². The first-order valence-corrected chi connectivity index (χ1v) is 5.12. The minimum atomic E-state index is -1.32. The van der Waals surface area contributed by atoms with E-state index in [1.807, 2.05) is 6.07 Å². The zero-order valence-corrected chi connectivity index (χ0v) is 9.23. The van der Waals surface area contributed by atoms with Crippen molar-refractivity contribution in [3.63, 3.8) is 0 Å². The van der Waals surface area contributed by atoms with Crippen LogP contribution in [0.1, 0.15) is 0 Å². The van der Waals surface area contributed by atoms with E-state index in [-0.39, 0.29) is 19.7 Å². The van der Waals surface area contributed by atoms with Crippen LogP contribution in [0.4, 0.5) is 0 Å². The van der Waals surface area contributed by atoms with E-state index in [0.717, 1.165) is 0 Å². The van der Waals surface area contributed by atoms with Crippen LogP contribution in [0.15, 0.2) is 30.3 Å². The third kappa shape index (κ3) is 4.35. The van der Waals surface area contributed by atoms with Gasteiger partial charge >= 0.3 is 6.17 Å². The average Bonchev–Trinajstić information content (AvgIpc) is 2.30. The Morgan fingerprint density at radius 3 is 2.65 bits per heavy atom. The number of ether oxygens (including phenoxy) is 1. The molecule has 0 aromatic heterocycles. The van der Waals surface area contributed by atoms with E-state index in [1.54, 1.807) is 24.3 Å². The second kappa shape index (κ2) is 6.79. The molecule has 0 aliphatic heterocycles. The number of nitrogens with two attached hydrogens (primary N) is 1. The second-order valence-corrected chi connectivity index (χ2v) is 3.34. The van der Waals surface area contributed by atoms with Crippen molar-refractivity contribution in [2.75, 3.05) is 19.7 Å². The van der Waals surface area contributed by atoms with Crippen molar-refractivity contribution in [3.05, 3.63) is 40.4 Å². The van der Waals surface area contributed by atoms with Crippen LogP contribution in [0.25, 0.3) is 0 Å². The lowest BCUT2D eigenvalue weighted by Crippen LogP contribution is -2.45. The Hall–Kier alpha value is -1.70. The molecule has 0 fully saturated rings. The van der Waals surface area contributed by atoms with Crippen LogP contribution in [0.3, 0.4) is 0 Å². The molecule has 7 nitrogen and oxygen atoms in total. The molecule has 0 spiro atoms. The van der Waals surface area contributed by atoms with Crippen LogP contribution < -0.4 is 10.5 Å². The maximum absolute atomic E-state index is 10.7. The molecule has 0 heterocycles. The fraction of sp³-hybridized carbons (Fsp3) is 0.400. The van der Waals surface area contributed by atoms with Gasteiger partial charge in [0.1, 0.15) is 5.75 Å².